The number of nitrogens with two attached hydrogens (primary N) is 1. The second-order valence-corrected chi connectivity index (χ2v) is 6.21. The summed E-state index contributed by atoms with van der Waals surface area (Å²) in [5, 5.41) is 11.9. The molecule has 2 N–H and O–H groups in total. The van der Waals surface area contributed by atoms with Crippen LogP contribution in [0.2, 0.25) is 0 Å². The van der Waals surface area contributed by atoms with E-state index < -0.39 is 16.5 Å². The lowest BCUT2D eigenvalue weighted by atomic mass is 9.65. The molecule has 4 atom stereocenters. The second kappa shape index (κ2) is 2.57. The van der Waals surface area contributed by atoms with Crippen molar-refractivity contribution in [1.29, 1.82) is 0 Å². The van der Waals surface area contributed by atoms with Crippen LogP contribution in [0, 0.1) is 26.9 Å². The molecule has 17 heavy (non-hydrogen) atoms. The predicted molar refractivity (Wildman–Crippen MR) is 59.2 cm³/mol. The Hall–Kier alpha value is -1.33. The minimum absolute atomic E-state index is 0.144. The van der Waals surface area contributed by atoms with Crippen molar-refractivity contribution in [3.05, 3.63) is 10.1 Å². The highest BCUT2D eigenvalue weighted by Crippen LogP contribution is 2.75. The molecule has 0 aromatic carbocycles. The zero-order valence-corrected chi connectivity index (χ0v) is 10.1. The van der Waals surface area contributed by atoms with Gasteiger partial charge in [0, 0.05) is 10.8 Å². The first-order valence-electron chi connectivity index (χ1n) is 6.01. The Morgan fingerprint density at radius 3 is 2.65 bits per heavy atom. The van der Waals surface area contributed by atoms with Gasteiger partial charge in [-0.15, -0.1) is 5.01 Å². The van der Waals surface area contributed by atoms with Crippen LogP contribution in [0.5, 0.6) is 0 Å². The van der Waals surface area contributed by atoms with Gasteiger partial charge in [-0.25, -0.2) is 10.1 Å². The normalized spacial score (nSPS) is 50.9. The summed E-state index contributed by atoms with van der Waals surface area (Å²) in [7, 11) is 0. The first-order valence-corrected chi connectivity index (χ1v) is 6.01. The van der Waals surface area contributed by atoms with E-state index in [9.17, 15) is 14.9 Å². The van der Waals surface area contributed by atoms with Gasteiger partial charge in [-0.2, -0.15) is 0 Å². The van der Waals surface area contributed by atoms with E-state index in [1.807, 2.05) is 6.92 Å². The maximum atomic E-state index is 11.9. The summed E-state index contributed by atoms with van der Waals surface area (Å²) in [6.07, 6.45) is 2.48. The van der Waals surface area contributed by atoms with Gasteiger partial charge >= 0.3 is 0 Å². The third kappa shape index (κ3) is 0.788. The molecule has 1 heterocycles. The van der Waals surface area contributed by atoms with Crippen molar-refractivity contribution < 1.29 is 9.83 Å². The second-order valence-electron chi connectivity index (χ2n) is 6.21. The average molecular weight is 239 g/mol. The molecular formula is C11H17N3O3. The molecule has 94 valence electrons. The van der Waals surface area contributed by atoms with Crippen molar-refractivity contribution >= 4 is 5.91 Å². The quantitative estimate of drug-likeness (QED) is 0.562. The molecule has 3 aliphatic rings. The van der Waals surface area contributed by atoms with E-state index in [4.69, 9.17) is 5.73 Å². The van der Waals surface area contributed by atoms with Crippen LogP contribution < -0.4 is 5.73 Å². The fourth-order valence-electron chi connectivity index (χ4n) is 4.94. The van der Waals surface area contributed by atoms with Crippen molar-refractivity contribution in [2.24, 2.45) is 22.5 Å². The van der Waals surface area contributed by atoms with Crippen LogP contribution in [-0.2, 0) is 4.79 Å². The van der Waals surface area contributed by atoms with Gasteiger partial charge in [-0.3, -0.25) is 4.79 Å². The molecule has 4 bridgehead atoms. The van der Waals surface area contributed by atoms with E-state index in [1.165, 1.54) is 0 Å². The van der Waals surface area contributed by atoms with Gasteiger partial charge in [0.1, 0.15) is 0 Å². The van der Waals surface area contributed by atoms with Crippen LogP contribution in [0.3, 0.4) is 0 Å². The van der Waals surface area contributed by atoms with Crippen LogP contribution in [0.15, 0.2) is 0 Å². The standard InChI is InChI=1S/C11H17N3O3/c1-9-6-13(14(16)17)11(8(12)15)5-7(9)3-4-10(9,11)2/h7H,3-6H2,1-2H3,(H2,12,15)/t7-,9+,10-,11+/m0/s1. The summed E-state index contributed by atoms with van der Waals surface area (Å²) in [5.74, 6) is -0.126. The maximum absolute atomic E-state index is 11.9. The topological polar surface area (TPSA) is 89.5 Å². The molecule has 1 saturated heterocycles. The van der Waals surface area contributed by atoms with E-state index in [2.05, 4.69) is 6.92 Å². The number of hydrazine groups is 1. The fourth-order valence-corrected chi connectivity index (χ4v) is 4.94. The van der Waals surface area contributed by atoms with Gasteiger partial charge in [0.25, 0.3) is 0 Å². The molecule has 0 radical (unpaired) electrons. The number of hydrogen-bond acceptors (Lipinski definition) is 3. The van der Waals surface area contributed by atoms with Crippen molar-refractivity contribution in [3.63, 3.8) is 0 Å². The van der Waals surface area contributed by atoms with E-state index >= 15 is 0 Å². The molecule has 6 nitrogen and oxygen atoms in total. The zero-order valence-electron chi connectivity index (χ0n) is 10.1. The highest BCUT2D eigenvalue weighted by atomic mass is 16.7. The molecule has 0 spiro atoms. The molecule has 3 rings (SSSR count). The number of carbonyl (C=O) groups is 1. The highest BCUT2D eigenvalue weighted by Gasteiger charge is 2.83. The van der Waals surface area contributed by atoms with Crippen molar-refractivity contribution in [1.82, 2.24) is 5.01 Å². The largest absolute Gasteiger partial charge is 0.367 e. The molecule has 0 aromatic heterocycles. The highest BCUT2D eigenvalue weighted by molar-refractivity contribution is 5.87. The van der Waals surface area contributed by atoms with Gasteiger partial charge < -0.3 is 5.73 Å². The van der Waals surface area contributed by atoms with Gasteiger partial charge in [-0.1, -0.05) is 13.8 Å². The summed E-state index contributed by atoms with van der Waals surface area (Å²) >= 11 is 0. The number of rotatable bonds is 2. The average Bonchev–Trinajstić information content (AvgIpc) is 2.68. The maximum Gasteiger partial charge on any atom is 0.249 e. The summed E-state index contributed by atoms with van der Waals surface area (Å²) in [4.78, 5) is 23.1. The summed E-state index contributed by atoms with van der Waals surface area (Å²) in [5.41, 5.74) is 3.99. The van der Waals surface area contributed by atoms with E-state index in [0.29, 0.717) is 18.9 Å². The lowest BCUT2D eigenvalue weighted by molar-refractivity contribution is -0.671. The molecular weight excluding hydrogens is 222 g/mol. The van der Waals surface area contributed by atoms with Gasteiger partial charge in [0.2, 0.25) is 5.91 Å². The van der Waals surface area contributed by atoms with Gasteiger partial charge in [-0.05, 0) is 25.2 Å². The SMILES string of the molecule is C[C@@]12CC[C@H]3C[C@]1(C(N)=O)N([N+](=O)[O-])C[C@]32C. The number of primary amides is 1. The zero-order chi connectivity index (χ0) is 12.6. The van der Waals surface area contributed by atoms with E-state index in [0.717, 1.165) is 17.9 Å². The van der Waals surface area contributed by atoms with Crippen molar-refractivity contribution in [2.45, 2.75) is 38.6 Å². The first kappa shape index (κ1) is 10.8. The molecule has 2 aliphatic carbocycles. The first-order chi connectivity index (χ1) is 7.79. The Balaban J connectivity index is 2.21. The third-order valence-electron chi connectivity index (χ3n) is 6.13. The minimum Gasteiger partial charge on any atom is -0.367 e. The lowest BCUT2D eigenvalue weighted by Gasteiger charge is -2.40. The van der Waals surface area contributed by atoms with Crippen LogP contribution in [0.4, 0.5) is 0 Å². The van der Waals surface area contributed by atoms with Gasteiger partial charge in [0.05, 0.1) is 6.54 Å². The Labute approximate surface area is 99.3 Å². The van der Waals surface area contributed by atoms with Crippen molar-refractivity contribution in [2.75, 3.05) is 6.54 Å². The Bertz CT molecular complexity index is 440. The molecule has 0 unspecified atom stereocenters. The van der Waals surface area contributed by atoms with Gasteiger partial charge in [0.15, 0.2) is 10.6 Å². The number of hydrogen-bond donors (Lipinski definition) is 1. The number of amides is 1. The number of piperidine rings is 1. The van der Waals surface area contributed by atoms with Crippen LogP contribution >= 0.6 is 0 Å². The summed E-state index contributed by atoms with van der Waals surface area (Å²) in [6, 6.07) is 0. The molecule has 3 fully saturated rings. The predicted octanol–water partition coefficient (Wildman–Crippen LogP) is 0.544. The third-order valence-corrected chi connectivity index (χ3v) is 6.13. The molecule has 0 aromatic rings. The molecule has 6 heteroatoms. The van der Waals surface area contributed by atoms with E-state index in [-0.39, 0.29) is 10.8 Å². The molecule has 1 amide bonds. The molecule has 1 aliphatic heterocycles. The Kier molecular flexibility index (Phi) is 1.63. The van der Waals surface area contributed by atoms with Crippen LogP contribution in [0.1, 0.15) is 33.1 Å². The number of nitrogens with zero attached hydrogens (tertiary/aromatic N) is 2. The number of carbonyl (C=O) groups excluding carboxylic acids is 1. The summed E-state index contributed by atoms with van der Waals surface area (Å²) < 4.78 is 0. The van der Waals surface area contributed by atoms with Crippen molar-refractivity contribution in [3.8, 4) is 0 Å². The number of nitro groups is 1. The van der Waals surface area contributed by atoms with Crippen LogP contribution in [-0.4, -0.2) is 28.0 Å². The fraction of sp³-hybridized carbons (Fsp3) is 0.909. The van der Waals surface area contributed by atoms with Crippen LogP contribution in [0.25, 0.3) is 0 Å². The Morgan fingerprint density at radius 1 is 1.53 bits per heavy atom. The minimum atomic E-state index is -1.06. The lowest BCUT2D eigenvalue weighted by Crippen LogP contribution is -2.63. The Morgan fingerprint density at radius 2 is 2.18 bits per heavy atom. The summed E-state index contributed by atoms with van der Waals surface area (Å²) in [6.45, 7) is 4.44. The smallest absolute Gasteiger partial charge is 0.249 e. The van der Waals surface area contributed by atoms with E-state index in [1.54, 1.807) is 0 Å². The molecule has 2 saturated carbocycles. The monoisotopic (exact) mass is 239 g/mol.